The first kappa shape index (κ1) is 17.4. The first-order chi connectivity index (χ1) is 10.2. The number of ether oxygens (including phenoxy) is 1. The fraction of sp³-hybridized carbons (Fsp3) is 0.500. The SMILES string of the molecule is CCCCC#CC(=O)CC(O)CCOCc1ccccc1. The number of rotatable bonds is 9. The van der Waals surface area contributed by atoms with Gasteiger partial charge in [0.25, 0.3) is 0 Å². The van der Waals surface area contributed by atoms with Crippen molar-refractivity contribution in [1.29, 1.82) is 0 Å². The summed E-state index contributed by atoms with van der Waals surface area (Å²) in [7, 11) is 0. The molecule has 114 valence electrons. The van der Waals surface area contributed by atoms with Crippen LogP contribution >= 0.6 is 0 Å². The van der Waals surface area contributed by atoms with E-state index in [0.717, 1.165) is 24.8 Å². The smallest absolute Gasteiger partial charge is 0.208 e. The van der Waals surface area contributed by atoms with Gasteiger partial charge in [0, 0.05) is 19.4 Å². The Labute approximate surface area is 127 Å². The van der Waals surface area contributed by atoms with Gasteiger partial charge in [0.15, 0.2) is 0 Å². The Morgan fingerprint density at radius 1 is 1.33 bits per heavy atom. The quantitative estimate of drug-likeness (QED) is 0.431. The molecule has 3 heteroatoms. The van der Waals surface area contributed by atoms with Crippen molar-refractivity contribution in [3.63, 3.8) is 0 Å². The van der Waals surface area contributed by atoms with Crippen molar-refractivity contribution in [2.24, 2.45) is 0 Å². The predicted octanol–water partition coefficient (Wildman–Crippen LogP) is 3.11. The molecule has 0 aliphatic heterocycles. The average molecular weight is 288 g/mol. The van der Waals surface area contributed by atoms with Gasteiger partial charge in [-0.15, -0.1) is 0 Å². The Hall–Kier alpha value is -1.63. The summed E-state index contributed by atoms with van der Waals surface area (Å²) in [4.78, 5) is 11.5. The first-order valence-electron chi connectivity index (χ1n) is 7.53. The van der Waals surface area contributed by atoms with Gasteiger partial charge in [0.05, 0.1) is 12.7 Å². The van der Waals surface area contributed by atoms with E-state index in [-0.39, 0.29) is 12.2 Å². The van der Waals surface area contributed by atoms with Crippen LogP contribution in [0.3, 0.4) is 0 Å². The third-order valence-corrected chi connectivity index (χ3v) is 3.01. The van der Waals surface area contributed by atoms with Crippen molar-refractivity contribution in [2.45, 2.75) is 51.7 Å². The monoisotopic (exact) mass is 288 g/mol. The molecule has 0 aromatic heterocycles. The Morgan fingerprint density at radius 2 is 2.10 bits per heavy atom. The molecule has 0 aliphatic carbocycles. The van der Waals surface area contributed by atoms with E-state index in [0.29, 0.717) is 19.6 Å². The molecule has 0 fully saturated rings. The number of aliphatic hydroxyl groups excluding tert-OH is 1. The van der Waals surface area contributed by atoms with Gasteiger partial charge in [-0.3, -0.25) is 4.79 Å². The summed E-state index contributed by atoms with van der Waals surface area (Å²) >= 11 is 0. The lowest BCUT2D eigenvalue weighted by Crippen LogP contribution is -2.14. The highest BCUT2D eigenvalue weighted by molar-refractivity contribution is 5.95. The maximum atomic E-state index is 11.5. The van der Waals surface area contributed by atoms with Gasteiger partial charge in [-0.2, -0.15) is 0 Å². The second-order valence-corrected chi connectivity index (χ2v) is 5.01. The van der Waals surface area contributed by atoms with E-state index in [1.807, 2.05) is 30.3 Å². The van der Waals surface area contributed by atoms with E-state index >= 15 is 0 Å². The van der Waals surface area contributed by atoms with E-state index in [1.165, 1.54) is 0 Å². The van der Waals surface area contributed by atoms with Crippen molar-refractivity contribution < 1.29 is 14.6 Å². The summed E-state index contributed by atoms with van der Waals surface area (Å²) in [5, 5.41) is 9.75. The zero-order chi connectivity index (χ0) is 15.3. The van der Waals surface area contributed by atoms with Gasteiger partial charge in [-0.05, 0) is 24.3 Å². The van der Waals surface area contributed by atoms with Gasteiger partial charge < -0.3 is 9.84 Å². The van der Waals surface area contributed by atoms with Crippen molar-refractivity contribution >= 4 is 5.78 Å². The fourth-order valence-electron chi connectivity index (χ4n) is 1.78. The fourth-order valence-corrected chi connectivity index (χ4v) is 1.78. The zero-order valence-corrected chi connectivity index (χ0v) is 12.7. The Morgan fingerprint density at radius 3 is 2.81 bits per heavy atom. The highest BCUT2D eigenvalue weighted by atomic mass is 16.5. The largest absolute Gasteiger partial charge is 0.393 e. The summed E-state index contributed by atoms with van der Waals surface area (Å²) in [6.07, 6.45) is 2.70. The van der Waals surface area contributed by atoms with Crippen LogP contribution in [0.25, 0.3) is 0 Å². The summed E-state index contributed by atoms with van der Waals surface area (Å²) in [6.45, 7) is 3.05. The number of carbonyl (C=O) groups excluding carboxylic acids is 1. The number of ketones is 1. The van der Waals surface area contributed by atoms with Crippen LogP contribution in [0.1, 0.15) is 44.6 Å². The van der Waals surface area contributed by atoms with Crippen LogP contribution in [0.4, 0.5) is 0 Å². The minimum absolute atomic E-state index is 0.0911. The lowest BCUT2D eigenvalue weighted by molar-refractivity contribution is -0.115. The topological polar surface area (TPSA) is 46.5 Å². The minimum Gasteiger partial charge on any atom is -0.393 e. The average Bonchev–Trinajstić information content (AvgIpc) is 2.49. The molecule has 0 saturated carbocycles. The molecule has 0 saturated heterocycles. The second-order valence-electron chi connectivity index (χ2n) is 5.01. The highest BCUT2D eigenvalue weighted by Crippen LogP contribution is 2.03. The third kappa shape index (κ3) is 9.01. The van der Waals surface area contributed by atoms with Crippen molar-refractivity contribution in [3.8, 4) is 11.8 Å². The van der Waals surface area contributed by atoms with E-state index < -0.39 is 6.10 Å². The molecule has 0 heterocycles. The molecule has 0 radical (unpaired) electrons. The lowest BCUT2D eigenvalue weighted by Gasteiger charge is -2.08. The van der Waals surface area contributed by atoms with E-state index in [1.54, 1.807) is 0 Å². The third-order valence-electron chi connectivity index (χ3n) is 3.01. The maximum Gasteiger partial charge on any atom is 0.208 e. The van der Waals surface area contributed by atoms with E-state index in [4.69, 9.17) is 4.74 Å². The number of unbranched alkanes of at least 4 members (excludes halogenated alkanes) is 2. The van der Waals surface area contributed by atoms with Crippen LogP contribution in [-0.4, -0.2) is 23.6 Å². The highest BCUT2D eigenvalue weighted by Gasteiger charge is 2.08. The number of hydrogen-bond acceptors (Lipinski definition) is 3. The molecular formula is C18H24O3. The number of hydrogen-bond donors (Lipinski definition) is 1. The molecule has 21 heavy (non-hydrogen) atoms. The molecule has 0 aliphatic rings. The van der Waals surface area contributed by atoms with Crippen LogP contribution in [0.5, 0.6) is 0 Å². The van der Waals surface area contributed by atoms with Crippen molar-refractivity contribution in [3.05, 3.63) is 35.9 Å². The molecular weight excluding hydrogens is 264 g/mol. The minimum atomic E-state index is -0.672. The summed E-state index contributed by atoms with van der Waals surface area (Å²) < 4.78 is 5.48. The van der Waals surface area contributed by atoms with Crippen LogP contribution in [-0.2, 0) is 16.1 Å². The Kier molecular flexibility index (Phi) is 9.19. The molecule has 1 N–H and O–H groups in total. The summed E-state index contributed by atoms with van der Waals surface area (Å²) in [5.41, 5.74) is 1.10. The van der Waals surface area contributed by atoms with Crippen LogP contribution in [0.15, 0.2) is 30.3 Å². The molecule has 1 aromatic carbocycles. The normalized spacial score (nSPS) is 11.5. The Balaban J connectivity index is 2.11. The summed E-state index contributed by atoms with van der Waals surface area (Å²) in [6, 6.07) is 9.87. The summed E-state index contributed by atoms with van der Waals surface area (Å²) in [5.74, 6) is 5.22. The van der Waals surface area contributed by atoms with Gasteiger partial charge in [0.1, 0.15) is 0 Å². The number of aliphatic hydroxyl groups is 1. The van der Waals surface area contributed by atoms with Gasteiger partial charge in [-0.25, -0.2) is 0 Å². The van der Waals surface area contributed by atoms with Gasteiger partial charge in [0.2, 0.25) is 5.78 Å². The van der Waals surface area contributed by atoms with Crippen molar-refractivity contribution in [1.82, 2.24) is 0 Å². The first-order valence-corrected chi connectivity index (χ1v) is 7.53. The predicted molar refractivity (Wildman–Crippen MR) is 83.6 cm³/mol. The molecule has 1 atom stereocenters. The van der Waals surface area contributed by atoms with Crippen LogP contribution in [0, 0.1) is 11.8 Å². The second kappa shape index (κ2) is 11.1. The van der Waals surface area contributed by atoms with Crippen LogP contribution in [0.2, 0.25) is 0 Å². The van der Waals surface area contributed by atoms with Crippen LogP contribution < -0.4 is 0 Å². The Bertz CT molecular complexity index is 456. The van der Waals surface area contributed by atoms with E-state index in [9.17, 15) is 9.90 Å². The van der Waals surface area contributed by atoms with Gasteiger partial charge in [-0.1, -0.05) is 49.6 Å². The molecule has 3 nitrogen and oxygen atoms in total. The van der Waals surface area contributed by atoms with Crippen molar-refractivity contribution in [2.75, 3.05) is 6.61 Å². The molecule has 0 spiro atoms. The molecule has 0 bridgehead atoms. The lowest BCUT2D eigenvalue weighted by atomic mass is 10.1. The molecule has 1 aromatic rings. The van der Waals surface area contributed by atoms with E-state index in [2.05, 4.69) is 18.8 Å². The molecule has 0 amide bonds. The number of carbonyl (C=O) groups is 1. The molecule has 1 unspecified atom stereocenters. The standard InChI is InChI=1S/C18H24O3/c1-2-3-4-8-11-17(19)14-18(20)12-13-21-15-16-9-6-5-7-10-16/h5-7,9-10,18,20H,2-4,12-15H2,1H3. The van der Waals surface area contributed by atoms with Gasteiger partial charge >= 0.3 is 0 Å². The number of Topliss-reactive ketones (excluding diaryl/α,β-unsaturated/α-hetero) is 1. The maximum absolute atomic E-state index is 11.5. The zero-order valence-electron chi connectivity index (χ0n) is 12.7. The number of benzene rings is 1. The molecule has 1 rings (SSSR count).